The Morgan fingerprint density at radius 2 is 1.56 bits per heavy atom. The molecule has 0 bridgehead atoms. The summed E-state index contributed by atoms with van der Waals surface area (Å²) in [6.07, 6.45) is 9.19. The van der Waals surface area contributed by atoms with Gasteiger partial charge in [-0.1, -0.05) is 78.3 Å². The van der Waals surface area contributed by atoms with Crippen molar-refractivity contribution in [2.75, 3.05) is 0 Å². The molecule has 0 aromatic heterocycles. The van der Waals surface area contributed by atoms with Gasteiger partial charge in [0.2, 0.25) is 10.0 Å². The van der Waals surface area contributed by atoms with Crippen LogP contribution < -0.4 is 4.72 Å². The van der Waals surface area contributed by atoms with Crippen molar-refractivity contribution in [1.82, 2.24) is 4.72 Å². The highest BCUT2D eigenvalue weighted by Gasteiger charge is 2.70. The quantitative estimate of drug-likeness (QED) is 0.404. The van der Waals surface area contributed by atoms with Crippen molar-refractivity contribution in [3.63, 3.8) is 0 Å². The lowest BCUT2D eigenvalue weighted by Crippen LogP contribution is -2.69. The molecular formula is C36H46N2O4S. The zero-order valence-corrected chi connectivity index (χ0v) is 27.5. The number of ketones is 2. The fourth-order valence-corrected chi connectivity index (χ4v) is 12.3. The van der Waals surface area contributed by atoms with E-state index in [1.807, 2.05) is 32.1 Å². The van der Waals surface area contributed by atoms with Crippen molar-refractivity contribution < 1.29 is 18.0 Å². The number of Topliss-reactive ketones (excluding diaryl/α,β-unsaturated/α-hetero) is 1. The number of sulfonamides is 1. The average Bonchev–Trinajstić information content (AvgIpc) is 2.93. The smallest absolute Gasteiger partial charge is 0.241 e. The monoisotopic (exact) mass is 602 g/mol. The van der Waals surface area contributed by atoms with Crippen LogP contribution in [0.1, 0.15) is 93.4 Å². The molecule has 0 radical (unpaired) electrons. The summed E-state index contributed by atoms with van der Waals surface area (Å²) in [7, 11) is -3.79. The second-order valence-corrected chi connectivity index (χ2v) is 18.0. The molecule has 7 heteroatoms. The fraction of sp³-hybridized carbons (Fsp3) is 0.639. The van der Waals surface area contributed by atoms with Crippen LogP contribution in [0.4, 0.5) is 0 Å². The highest BCUT2D eigenvalue weighted by atomic mass is 32.2. The second-order valence-electron chi connectivity index (χ2n) is 16.3. The standard InChI is InChI=1S/C36H46N2O4S/c1-31(2)15-17-36(38-43(41,42)24-11-9-8-10-12-24)18-16-35(7)29(25(36)21-31)26(39)19-28-33(5)20-23(22-37)30(40)32(3,4)27(33)13-14-34(28,35)6/h8-12,19-20,25,27,29,38H,13-18,21H2,1-7H3/t25-,27-,29-,33+,34-,35+,36+/m0/s1. The number of carbonyl (C=O) groups excluding carboxylic acids is 2. The van der Waals surface area contributed by atoms with Gasteiger partial charge >= 0.3 is 0 Å². The highest BCUT2D eigenvalue weighted by molar-refractivity contribution is 7.89. The largest absolute Gasteiger partial charge is 0.295 e. The van der Waals surface area contributed by atoms with E-state index >= 15 is 0 Å². The lowest BCUT2D eigenvalue weighted by molar-refractivity contribution is -0.159. The van der Waals surface area contributed by atoms with Crippen molar-refractivity contribution in [2.45, 2.75) is 104 Å². The Kier molecular flexibility index (Phi) is 6.54. The molecule has 3 fully saturated rings. The first kappa shape index (κ1) is 30.5. The van der Waals surface area contributed by atoms with Gasteiger partial charge in [-0.25, -0.2) is 13.1 Å². The molecule has 6 nitrogen and oxygen atoms in total. The van der Waals surface area contributed by atoms with E-state index < -0.39 is 31.8 Å². The van der Waals surface area contributed by atoms with E-state index in [2.05, 4.69) is 45.4 Å². The molecule has 230 valence electrons. The van der Waals surface area contributed by atoms with Crippen LogP contribution in [0, 0.1) is 56.2 Å². The molecule has 7 atom stereocenters. The van der Waals surface area contributed by atoms with E-state index in [9.17, 15) is 23.3 Å². The maximum Gasteiger partial charge on any atom is 0.241 e. The van der Waals surface area contributed by atoms with Gasteiger partial charge in [0, 0.05) is 22.3 Å². The SMILES string of the molecule is CC1(C)CC[C@@]2(NS(=O)(=O)c3ccccc3)CC[C@]3(C)[C@H](C(=O)C=C4[C@]5(C)C=C(C#N)C(=O)C(C)(C)[C@@H]5CC[C@@]43C)[C@@H]2C1. The van der Waals surface area contributed by atoms with Gasteiger partial charge in [0.15, 0.2) is 11.6 Å². The number of fused-ring (bicyclic) bond motifs is 7. The van der Waals surface area contributed by atoms with Crippen molar-refractivity contribution >= 4 is 21.6 Å². The Morgan fingerprint density at radius 3 is 2.21 bits per heavy atom. The minimum Gasteiger partial charge on any atom is -0.295 e. The van der Waals surface area contributed by atoms with Gasteiger partial charge in [-0.15, -0.1) is 0 Å². The maximum absolute atomic E-state index is 14.7. The zero-order chi connectivity index (χ0) is 31.4. The Bertz CT molecular complexity index is 1620. The lowest BCUT2D eigenvalue weighted by atomic mass is 9.35. The molecule has 0 amide bonds. The molecule has 5 aliphatic carbocycles. The third-order valence-electron chi connectivity index (χ3n) is 13.3. The molecule has 1 aromatic carbocycles. The summed E-state index contributed by atoms with van der Waals surface area (Å²) in [5.74, 6) is -0.512. The number of hydrogen-bond acceptors (Lipinski definition) is 5. The van der Waals surface area contributed by atoms with E-state index in [0.717, 1.165) is 37.7 Å². The zero-order valence-electron chi connectivity index (χ0n) is 26.7. The molecule has 0 aliphatic heterocycles. The van der Waals surface area contributed by atoms with E-state index in [1.54, 1.807) is 24.3 Å². The van der Waals surface area contributed by atoms with Crippen LogP contribution >= 0.6 is 0 Å². The minimum atomic E-state index is -3.79. The molecular weight excluding hydrogens is 556 g/mol. The van der Waals surface area contributed by atoms with E-state index in [-0.39, 0.29) is 50.6 Å². The number of hydrogen-bond donors (Lipinski definition) is 1. The number of carbonyl (C=O) groups is 2. The van der Waals surface area contributed by atoms with E-state index in [0.29, 0.717) is 12.8 Å². The molecule has 0 unspecified atom stereocenters. The Labute approximate surface area is 257 Å². The summed E-state index contributed by atoms with van der Waals surface area (Å²) in [6.45, 7) is 15.1. The predicted octanol–water partition coefficient (Wildman–Crippen LogP) is 6.94. The summed E-state index contributed by atoms with van der Waals surface area (Å²) in [6, 6.07) is 10.7. The number of rotatable bonds is 3. The molecule has 6 rings (SSSR count). The Morgan fingerprint density at radius 1 is 0.907 bits per heavy atom. The lowest BCUT2D eigenvalue weighted by Gasteiger charge is -2.69. The third-order valence-corrected chi connectivity index (χ3v) is 14.8. The van der Waals surface area contributed by atoms with E-state index in [4.69, 9.17) is 0 Å². The van der Waals surface area contributed by atoms with Gasteiger partial charge in [-0.3, -0.25) is 9.59 Å². The summed E-state index contributed by atoms with van der Waals surface area (Å²) in [5, 5.41) is 9.95. The molecule has 1 aromatic rings. The second kappa shape index (κ2) is 9.23. The minimum absolute atomic E-state index is 0.00847. The van der Waals surface area contributed by atoms with Gasteiger partial charge in [-0.2, -0.15) is 5.26 Å². The average molecular weight is 603 g/mol. The van der Waals surface area contributed by atoms with Gasteiger partial charge in [0.25, 0.3) is 0 Å². The van der Waals surface area contributed by atoms with Crippen LogP contribution in [0.2, 0.25) is 0 Å². The molecule has 43 heavy (non-hydrogen) atoms. The first-order valence-corrected chi connectivity index (χ1v) is 17.4. The van der Waals surface area contributed by atoms with Crippen molar-refractivity contribution in [1.29, 1.82) is 5.26 Å². The topological polar surface area (TPSA) is 104 Å². The molecule has 1 N–H and O–H groups in total. The van der Waals surface area contributed by atoms with Crippen molar-refractivity contribution in [2.24, 2.45) is 44.8 Å². The van der Waals surface area contributed by atoms with Gasteiger partial charge in [0.05, 0.1) is 10.5 Å². The number of nitriles is 1. The maximum atomic E-state index is 14.7. The van der Waals surface area contributed by atoms with Crippen molar-refractivity contribution in [3.05, 3.63) is 53.6 Å². The van der Waals surface area contributed by atoms with Crippen LogP contribution in [0.5, 0.6) is 0 Å². The van der Waals surface area contributed by atoms with Gasteiger partial charge in [0.1, 0.15) is 6.07 Å². The Hall–Kier alpha value is -2.56. The summed E-state index contributed by atoms with van der Waals surface area (Å²) < 4.78 is 30.8. The summed E-state index contributed by atoms with van der Waals surface area (Å²) in [5.41, 5.74) is -1.49. The first-order chi connectivity index (χ1) is 19.9. The molecule has 3 saturated carbocycles. The van der Waals surface area contributed by atoms with Crippen LogP contribution in [0.3, 0.4) is 0 Å². The Balaban J connectivity index is 1.49. The number of nitrogens with zero attached hydrogens (tertiary/aromatic N) is 1. The summed E-state index contributed by atoms with van der Waals surface area (Å²) >= 11 is 0. The van der Waals surface area contributed by atoms with Crippen LogP contribution in [0.25, 0.3) is 0 Å². The number of benzene rings is 1. The molecule has 5 aliphatic rings. The van der Waals surface area contributed by atoms with Crippen LogP contribution in [-0.2, 0) is 19.6 Å². The summed E-state index contributed by atoms with van der Waals surface area (Å²) in [4.78, 5) is 28.2. The van der Waals surface area contributed by atoms with Crippen LogP contribution in [0.15, 0.2) is 58.5 Å². The normalized spacial score (nSPS) is 41.4. The third kappa shape index (κ3) is 4.08. The molecule has 0 heterocycles. The molecule has 0 spiro atoms. The molecule has 0 saturated heterocycles. The first-order valence-electron chi connectivity index (χ1n) is 15.9. The highest BCUT2D eigenvalue weighted by Crippen LogP contribution is 2.73. The predicted molar refractivity (Wildman–Crippen MR) is 166 cm³/mol. The van der Waals surface area contributed by atoms with Gasteiger partial charge in [-0.05, 0) is 91.2 Å². The number of allylic oxidation sites excluding steroid dienone is 4. The van der Waals surface area contributed by atoms with Crippen molar-refractivity contribution in [3.8, 4) is 6.07 Å². The fourth-order valence-electron chi connectivity index (χ4n) is 10.7. The van der Waals surface area contributed by atoms with Gasteiger partial charge < -0.3 is 0 Å². The number of nitrogens with one attached hydrogen (secondary N) is 1. The van der Waals surface area contributed by atoms with Crippen LogP contribution in [-0.4, -0.2) is 25.5 Å². The van der Waals surface area contributed by atoms with E-state index in [1.165, 1.54) is 0 Å².